The first-order chi connectivity index (χ1) is 8.07. The fourth-order valence-electron chi connectivity index (χ4n) is 2.22. The highest BCUT2D eigenvalue weighted by molar-refractivity contribution is 7.89. The van der Waals surface area contributed by atoms with Crippen molar-refractivity contribution in [1.29, 1.82) is 0 Å². The Morgan fingerprint density at radius 3 is 2.59 bits per heavy atom. The van der Waals surface area contributed by atoms with Gasteiger partial charge in [-0.3, -0.25) is 4.90 Å². The standard InChI is InChI=1S/C11H23N3O2S/c1-10(11-2-3-11)13-17(15,16)9-8-14-6-4-12-5-7-14/h10-13H,2-9H2,1H3. The van der Waals surface area contributed by atoms with Gasteiger partial charge < -0.3 is 5.32 Å². The van der Waals surface area contributed by atoms with Crippen LogP contribution < -0.4 is 10.0 Å². The quantitative estimate of drug-likeness (QED) is 0.683. The van der Waals surface area contributed by atoms with E-state index in [0.717, 1.165) is 26.2 Å². The first kappa shape index (κ1) is 13.3. The summed E-state index contributed by atoms with van der Waals surface area (Å²) in [4.78, 5) is 2.21. The Hall–Kier alpha value is -0.170. The van der Waals surface area contributed by atoms with Gasteiger partial charge in [-0.1, -0.05) is 0 Å². The van der Waals surface area contributed by atoms with Crippen LogP contribution in [0.1, 0.15) is 19.8 Å². The molecule has 1 heterocycles. The van der Waals surface area contributed by atoms with Crippen molar-refractivity contribution < 1.29 is 8.42 Å². The van der Waals surface area contributed by atoms with E-state index in [1.54, 1.807) is 0 Å². The highest BCUT2D eigenvalue weighted by Gasteiger charge is 2.30. The normalized spacial score (nSPS) is 24.8. The molecule has 17 heavy (non-hydrogen) atoms. The van der Waals surface area contributed by atoms with Gasteiger partial charge >= 0.3 is 0 Å². The maximum Gasteiger partial charge on any atom is 0.213 e. The summed E-state index contributed by atoms with van der Waals surface area (Å²) in [6.07, 6.45) is 2.34. The maximum absolute atomic E-state index is 11.9. The van der Waals surface area contributed by atoms with E-state index < -0.39 is 10.0 Å². The zero-order valence-electron chi connectivity index (χ0n) is 10.5. The SMILES string of the molecule is CC(NS(=O)(=O)CCN1CCNCC1)C1CC1. The Morgan fingerprint density at radius 1 is 1.35 bits per heavy atom. The summed E-state index contributed by atoms with van der Waals surface area (Å²) >= 11 is 0. The van der Waals surface area contributed by atoms with Crippen LogP contribution in [0.3, 0.4) is 0 Å². The van der Waals surface area contributed by atoms with Gasteiger partial charge in [-0.25, -0.2) is 13.1 Å². The second-order valence-electron chi connectivity index (χ2n) is 5.15. The second-order valence-corrected chi connectivity index (χ2v) is 7.03. The molecular formula is C11H23N3O2S. The first-order valence-electron chi connectivity index (χ1n) is 6.50. The number of piperazine rings is 1. The van der Waals surface area contributed by atoms with Gasteiger partial charge in [-0.05, 0) is 25.7 Å². The molecule has 0 radical (unpaired) electrons. The van der Waals surface area contributed by atoms with E-state index in [2.05, 4.69) is 14.9 Å². The number of nitrogens with zero attached hydrogens (tertiary/aromatic N) is 1. The highest BCUT2D eigenvalue weighted by atomic mass is 32.2. The summed E-state index contributed by atoms with van der Waals surface area (Å²) in [7, 11) is -3.10. The molecule has 1 unspecified atom stereocenters. The molecule has 1 aliphatic heterocycles. The smallest absolute Gasteiger partial charge is 0.213 e. The lowest BCUT2D eigenvalue weighted by molar-refractivity contribution is 0.253. The molecule has 1 saturated heterocycles. The molecule has 0 spiro atoms. The molecule has 0 aromatic heterocycles. The molecular weight excluding hydrogens is 238 g/mol. The third-order valence-corrected chi connectivity index (χ3v) is 5.03. The average molecular weight is 261 g/mol. The third-order valence-electron chi connectivity index (χ3n) is 3.58. The largest absolute Gasteiger partial charge is 0.314 e. The summed E-state index contributed by atoms with van der Waals surface area (Å²) in [6.45, 7) is 6.45. The van der Waals surface area contributed by atoms with E-state index >= 15 is 0 Å². The number of hydrogen-bond donors (Lipinski definition) is 2. The summed E-state index contributed by atoms with van der Waals surface area (Å²) < 4.78 is 26.5. The topological polar surface area (TPSA) is 61.4 Å². The fourth-order valence-corrected chi connectivity index (χ4v) is 3.59. The van der Waals surface area contributed by atoms with E-state index in [1.807, 2.05) is 6.92 Å². The molecule has 1 saturated carbocycles. The Morgan fingerprint density at radius 2 is 2.00 bits per heavy atom. The molecule has 0 bridgehead atoms. The summed E-state index contributed by atoms with van der Waals surface area (Å²) in [5.74, 6) is 0.799. The zero-order chi connectivity index (χ0) is 12.3. The van der Waals surface area contributed by atoms with E-state index in [9.17, 15) is 8.42 Å². The molecule has 1 atom stereocenters. The van der Waals surface area contributed by atoms with Gasteiger partial charge in [0.1, 0.15) is 0 Å². The van der Waals surface area contributed by atoms with Crippen LogP contribution in [-0.4, -0.2) is 57.8 Å². The monoisotopic (exact) mass is 261 g/mol. The van der Waals surface area contributed by atoms with E-state index in [0.29, 0.717) is 12.5 Å². The molecule has 6 heteroatoms. The van der Waals surface area contributed by atoms with E-state index in [1.165, 1.54) is 12.8 Å². The Balaban J connectivity index is 1.72. The molecule has 100 valence electrons. The molecule has 0 aromatic rings. The van der Waals surface area contributed by atoms with Crippen molar-refractivity contribution in [3.05, 3.63) is 0 Å². The van der Waals surface area contributed by atoms with Gasteiger partial charge in [0.25, 0.3) is 0 Å². The Kier molecular flexibility index (Phi) is 4.41. The van der Waals surface area contributed by atoms with Crippen LogP contribution in [0.15, 0.2) is 0 Å². The van der Waals surface area contributed by atoms with Crippen molar-refractivity contribution in [2.75, 3.05) is 38.5 Å². The van der Waals surface area contributed by atoms with Crippen molar-refractivity contribution in [3.8, 4) is 0 Å². The second kappa shape index (κ2) is 5.65. The predicted molar refractivity (Wildman–Crippen MR) is 68.4 cm³/mol. The molecule has 5 nitrogen and oxygen atoms in total. The molecule has 0 amide bonds. The maximum atomic E-state index is 11.9. The van der Waals surface area contributed by atoms with Crippen LogP contribution >= 0.6 is 0 Å². The highest BCUT2D eigenvalue weighted by Crippen LogP contribution is 2.32. The minimum absolute atomic E-state index is 0.114. The Labute approximate surface area is 104 Å². The lowest BCUT2D eigenvalue weighted by atomic mass is 10.2. The zero-order valence-corrected chi connectivity index (χ0v) is 11.3. The van der Waals surface area contributed by atoms with Crippen molar-refractivity contribution in [1.82, 2.24) is 14.9 Å². The van der Waals surface area contributed by atoms with E-state index in [-0.39, 0.29) is 11.8 Å². The molecule has 0 aromatic carbocycles. The van der Waals surface area contributed by atoms with Gasteiger partial charge in [-0.2, -0.15) is 0 Å². The van der Waals surface area contributed by atoms with Gasteiger partial charge in [0.05, 0.1) is 5.75 Å². The molecule has 1 aliphatic carbocycles. The first-order valence-corrected chi connectivity index (χ1v) is 8.15. The van der Waals surface area contributed by atoms with Crippen molar-refractivity contribution in [2.24, 2.45) is 5.92 Å². The number of sulfonamides is 1. The van der Waals surface area contributed by atoms with Crippen molar-refractivity contribution in [2.45, 2.75) is 25.8 Å². The van der Waals surface area contributed by atoms with Gasteiger partial charge in [0.15, 0.2) is 0 Å². The minimum atomic E-state index is -3.10. The van der Waals surface area contributed by atoms with Crippen LogP contribution in [-0.2, 0) is 10.0 Å². The van der Waals surface area contributed by atoms with Crippen LogP contribution in [0.5, 0.6) is 0 Å². The van der Waals surface area contributed by atoms with Crippen LogP contribution in [0.4, 0.5) is 0 Å². The third kappa shape index (κ3) is 4.54. The van der Waals surface area contributed by atoms with Crippen LogP contribution in [0.25, 0.3) is 0 Å². The van der Waals surface area contributed by atoms with E-state index in [4.69, 9.17) is 0 Å². The fraction of sp³-hybridized carbons (Fsp3) is 1.00. The van der Waals surface area contributed by atoms with Gasteiger partial charge in [-0.15, -0.1) is 0 Å². The van der Waals surface area contributed by atoms with Crippen molar-refractivity contribution >= 4 is 10.0 Å². The lowest BCUT2D eigenvalue weighted by Crippen LogP contribution is -2.46. The average Bonchev–Trinajstić information content (AvgIpc) is 3.11. The molecule has 2 aliphatic rings. The predicted octanol–water partition coefficient (Wildman–Crippen LogP) is -0.390. The molecule has 2 fully saturated rings. The lowest BCUT2D eigenvalue weighted by Gasteiger charge is -2.27. The summed E-state index contributed by atoms with van der Waals surface area (Å²) in [5, 5.41) is 3.26. The number of hydrogen-bond acceptors (Lipinski definition) is 4. The number of nitrogens with one attached hydrogen (secondary N) is 2. The summed E-state index contributed by atoms with van der Waals surface area (Å²) in [5.41, 5.74) is 0. The van der Waals surface area contributed by atoms with Crippen molar-refractivity contribution in [3.63, 3.8) is 0 Å². The summed E-state index contributed by atoms with van der Waals surface area (Å²) in [6, 6.07) is 0.114. The van der Waals surface area contributed by atoms with Crippen LogP contribution in [0.2, 0.25) is 0 Å². The van der Waals surface area contributed by atoms with Crippen LogP contribution in [0, 0.1) is 5.92 Å². The molecule has 2 rings (SSSR count). The number of rotatable bonds is 6. The Bertz CT molecular complexity index is 335. The molecule has 2 N–H and O–H groups in total. The minimum Gasteiger partial charge on any atom is -0.314 e. The van der Waals surface area contributed by atoms with Gasteiger partial charge in [0.2, 0.25) is 10.0 Å². The van der Waals surface area contributed by atoms with Gasteiger partial charge in [0, 0.05) is 38.8 Å².